The Morgan fingerprint density at radius 1 is 0.679 bits per heavy atom. The summed E-state index contributed by atoms with van der Waals surface area (Å²) in [5, 5.41) is 0. The molecule has 0 fully saturated rings. The van der Waals surface area contributed by atoms with E-state index >= 15 is 0 Å². The summed E-state index contributed by atoms with van der Waals surface area (Å²) >= 11 is -3.34. The third-order valence-electron chi connectivity index (χ3n) is 5.45. The van der Waals surface area contributed by atoms with Crippen LogP contribution in [0.1, 0.15) is 26.7 Å². The standard InChI is InChI=1S/C26H27GeO/c1-21-18-22(2)20-26(19-21)28-27(23-12-6-3-7-13-23,24-14-8-4-9-15-24)25-16-10-5-11-17-25/h3-17,19,22H,18,20H2,1-2H3. The van der Waals surface area contributed by atoms with Gasteiger partial charge in [0.15, 0.2) is 0 Å². The van der Waals surface area contributed by atoms with E-state index in [1.54, 1.807) is 0 Å². The third-order valence-corrected chi connectivity index (χ3v) is 13.9. The van der Waals surface area contributed by atoms with Gasteiger partial charge in [-0.3, -0.25) is 0 Å². The van der Waals surface area contributed by atoms with Gasteiger partial charge in [-0.05, 0) is 0 Å². The molecule has 1 nitrogen and oxygen atoms in total. The summed E-state index contributed by atoms with van der Waals surface area (Å²) in [6.45, 7) is 4.54. The molecule has 0 spiro atoms. The molecule has 2 heteroatoms. The van der Waals surface area contributed by atoms with E-state index < -0.39 is 13.6 Å². The van der Waals surface area contributed by atoms with Gasteiger partial charge in [-0.15, -0.1) is 0 Å². The van der Waals surface area contributed by atoms with Crippen LogP contribution in [0.3, 0.4) is 0 Å². The monoisotopic (exact) mass is 429 g/mol. The van der Waals surface area contributed by atoms with Crippen LogP contribution in [0.4, 0.5) is 0 Å². The molecule has 0 amide bonds. The molecule has 28 heavy (non-hydrogen) atoms. The van der Waals surface area contributed by atoms with Crippen molar-refractivity contribution in [3.8, 4) is 0 Å². The number of hydrogen-bond donors (Lipinski definition) is 0. The molecule has 1 unspecified atom stereocenters. The van der Waals surface area contributed by atoms with Crippen molar-refractivity contribution in [1.29, 1.82) is 0 Å². The van der Waals surface area contributed by atoms with Crippen LogP contribution < -0.4 is 13.2 Å². The molecule has 3 aromatic carbocycles. The van der Waals surface area contributed by atoms with Crippen LogP contribution >= 0.6 is 0 Å². The molecule has 0 heterocycles. The Morgan fingerprint density at radius 2 is 1.11 bits per heavy atom. The fourth-order valence-electron chi connectivity index (χ4n) is 4.32. The maximum absolute atomic E-state index is 7.21. The van der Waals surface area contributed by atoms with Gasteiger partial charge in [0.05, 0.1) is 0 Å². The van der Waals surface area contributed by atoms with Crippen LogP contribution in [0.5, 0.6) is 0 Å². The van der Waals surface area contributed by atoms with Crippen LogP contribution in [0.2, 0.25) is 0 Å². The maximum atomic E-state index is 7.21. The quantitative estimate of drug-likeness (QED) is 0.541. The predicted octanol–water partition coefficient (Wildman–Crippen LogP) is 4.58. The minimum absolute atomic E-state index is 0.627. The summed E-state index contributed by atoms with van der Waals surface area (Å²) < 4.78 is 11.2. The molecule has 0 aromatic heterocycles. The Kier molecular flexibility index (Phi) is 5.84. The minimum atomic E-state index is -3.34. The van der Waals surface area contributed by atoms with E-state index in [0.717, 1.165) is 18.9 Å². The molecule has 0 saturated heterocycles. The van der Waals surface area contributed by atoms with E-state index in [-0.39, 0.29) is 0 Å². The van der Waals surface area contributed by atoms with Crippen molar-refractivity contribution in [1.82, 2.24) is 0 Å². The van der Waals surface area contributed by atoms with E-state index in [0.29, 0.717) is 5.92 Å². The third kappa shape index (κ3) is 3.87. The summed E-state index contributed by atoms with van der Waals surface area (Å²) in [7, 11) is 0. The van der Waals surface area contributed by atoms with E-state index in [9.17, 15) is 0 Å². The summed E-state index contributed by atoms with van der Waals surface area (Å²) in [4.78, 5) is 0. The number of rotatable bonds is 5. The number of allylic oxidation sites excluding steroid dienone is 1. The Morgan fingerprint density at radius 3 is 1.50 bits per heavy atom. The van der Waals surface area contributed by atoms with E-state index in [1.807, 2.05) is 0 Å². The molecule has 1 aliphatic carbocycles. The molecular weight excluding hydrogens is 401 g/mol. The van der Waals surface area contributed by atoms with Crippen LogP contribution in [0.15, 0.2) is 103 Å². The molecule has 0 N–H and O–H groups in total. The fraction of sp³-hybridized carbons (Fsp3) is 0.192. The van der Waals surface area contributed by atoms with E-state index in [2.05, 4.69) is 111 Å². The van der Waals surface area contributed by atoms with Gasteiger partial charge >= 0.3 is 172 Å². The zero-order valence-corrected chi connectivity index (χ0v) is 18.7. The van der Waals surface area contributed by atoms with Gasteiger partial charge in [0.2, 0.25) is 0 Å². The molecule has 0 bridgehead atoms. The molecule has 1 radical (unpaired) electrons. The molecule has 141 valence electrons. The first-order valence-corrected chi connectivity index (χ1v) is 14.1. The van der Waals surface area contributed by atoms with Gasteiger partial charge in [-0.25, -0.2) is 0 Å². The molecule has 1 atom stereocenters. The van der Waals surface area contributed by atoms with Crippen molar-refractivity contribution in [3.05, 3.63) is 109 Å². The van der Waals surface area contributed by atoms with Crippen LogP contribution in [-0.4, -0.2) is 13.6 Å². The Labute approximate surface area is 171 Å². The number of benzene rings is 3. The summed E-state index contributed by atoms with van der Waals surface area (Å²) in [6, 6.07) is 32.6. The first-order chi connectivity index (χ1) is 13.7. The zero-order chi connectivity index (χ0) is 19.4. The second-order valence-corrected chi connectivity index (χ2v) is 14.8. The Hall–Kier alpha value is -2.10. The molecule has 0 aliphatic heterocycles. The van der Waals surface area contributed by atoms with E-state index in [1.165, 1.54) is 18.8 Å². The van der Waals surface area contributed by atoms with Gasteiger partial charge in [0.25, 0.3) is 0 Å². The van der Waals surface area contributed by atoms with Gasteiger partial charge in [0, 0.05) is 0 Å². The van der Waals surface area contributed by atoms with Gasteiger partial charge in [0.1, 0.15) is 0 Å². The molecule has 0 saturated carbocycles. The Bertz CT molecular complexity index is 822. The van der Waals surface area contributed by atoms with Crippen LogP contribution in [0.25, 0.3) is 0 Å². The summed E-state index contributed by atoms with van der Waals surface area (Å²) in [5.41, 5.74) is 1.42. The average Bonchev–Trinajstić information content (AvgIpc) is 2.73. The van der Waals surface area contributed by atoms with Crippen LogP contribution in [0, 0.1) is 12.0 Å². The zero-order valence-electron chi connectivity index (χ0n) is 16.6. The molecule has 4 rings (SSSR count). The molecule has 1 aliphatic rings. The van der Waals surface area contributed by atoms with Gasteiger partial charge in [-0.2, -0.15) is 0 Å². The van der Waals surface area contributed by atoms with Crippen molar-refractivity contribution in [2.45, 2.75) is 26.7 Å². The normalized spacial score (nSPS) is 17.9. The average molecular weight is 428 g/mol. The van der Waals surface area contributed by atoms with Gasteiger partial charge in [-0.1, -0.05) is 0 Å². The SMILES string of the molecule is CC1=C[C]([O][Ge]([c]2ccccc2)([c]2ccccc2)[c]2ccccc2)CC(C)C1. The van der Waals surface area contributed by atoms with Crippen molar-refractivity contribution in [2.75, 3.05) is 0 Å². The topological polar surface area (TPSA) is 9.23 Å². The molecular formula is C26H27GeO. The summed E-state index contributed by atoms with van der Waals surface area (Å²) in [5.74, 6) is 0.627. The van der Waals surface area contributed by atoms with Crippen molar-refractivity contribution in [3.63, 3.8) is 0 Å². The van der Waals surface area contributed by atoms with Crippen molar-refractivity contribution >= 4 is 26.8 Å². The second-order valence-electron chi connectivity index (χ2n) is 7.85. The van der Waals surface area contributed by atoms with E-state index in [4.69, 9.17) is 3.76 Å². The number of hydrogen-bond acceptors (Lipinski definition) is 1. The first-order valence-electron chi connectivity index (χ1n) is 10.1. The fourth-order valence-corrected chi connectivity index (χ4v) is 12.5. The second kappa shape index (κ2) is 8.50. The summed E-state index contributed by atoms with van der Waals surface area (Å²) in [6.07, 6.45) is 5.60. The first kappa shape index (κ1) is 19.2. The van der Waals surface area contributed by atoms with Crippen LogP contribution in [-0.2, 0) is 3.76 Å². The predicted molar refractivity (Wildman–Crippen MR) is 120 cm³/mol. The van der Waals surface area contributed by atoms with Crippen molar-refractivity contribution < 1.29 is 3.76 Å². The van der Waals surface area contributed by atoms with Crippen molar-refractivity contribution in [2.24, 2.45) is 5.92 Å². The Balaban J connectivity index is 1.92. The molecule has 3 aromatic rings. The van der Waals surface area contributed by atoms with Gasteiger partial charge < -0.3 is 0 Å².